The van der Waals surface area contributed by atoms with Crippen LogP contribution in [-0.4, -0.2) is 18.0 Å². The lowest BCUT2D eigenvalue weighted by Gasteiger charge is -2.28. The van der Waals surface area contributed by atoms with E-state index < -0.39 is 0 Å². The molecule has 0 saturated carbocycles. The molecule has 0 N–H and O–H groups in total. The van der Waals surface area contributed by atoms with Crippen molar-refractivity contribution in [1.29, 1.82) is 0 Å². The first-order valence-corrected chi connectivity index (χ1v) is 6.92. The predicted molar refractivity (Wildman–Crippen MR) is 73.3 cm³/mol. The quantitative estimate of drug-likeness (QED) is 0.600. The number of carbonyl (C=O) groups is 1. The number of Topliss-reactive ketones (excluding diaryl/α,β-unsaturated/α-hetero) is 1. The van der Waals surface area contributed by atoms with Crippen molar-refractivity contribution in [2.45, 2.75) is 79.2 Å². The highest BCUT2D eigenvalue weighted by atomic mass is 16.5. The van der Waals surface area contributed by atoms with E-state index in [4.69, 9.17) is 4.74 Å². The molecule has 0 atom stereocenters. The highest BCUT2D eigenvalue weighted by Crippen LogP contribution is 2.26. The van der Waals surface area contributed by atoms with E-state index >= 15 is 0 Å². The molecule has 2 nitrogen and oxygen atoms in total. The van der Waals surface area contributed by atoms with E-state index in [2.05, 4.69) is 27.7 Å². The maximum Gasteiger partial charge on any atom is 0.138 e. The standard InChI is InChI=1S/C15H30O2/c1-7-9-13(16)14(3,4)11-12-17-15(5,6)10-8-2/h7-12H2,1-6H3. The van der Waals surface area contributed by atoms with E-state index in [1.54, 1.807) is 0 Å². The molecule has 0 aliphatic rings. The Morgan fingerprint density at radius 1 is 1.00 bits per heavy atom. The Labute approximate surface area is 107 Å². The molecule has 0 fully saturated rings. The van der Waals surface area contributed by atoms with Crippen molar-refractivity contribution in [2.24, 2.45) is 5.41 Å². The van der Waals surface area contributed by atoms with E-state index in [-0.39, 0.29) is 11.0 Å². The van der Waals surface area contributed by atoms with Gasteiger partial charge in [-0.1, -0.05) is 34.1 Å². The normalized spacial score (nSPS) is 12.8. The van der Waals surface area contributed by atoms with Gasteiger partial charge in [0.2, 0.25) is 0 Å². The molecule has 0 rings (SSSR count). The zero-order chi connectivity index (χ0) is 13.5. The zero-order valence-electron chi connectivity index (χ0n) is 12.6. The maximum absolute atomic E-state index is 11.9. The van der Waals surface area contributed by atoms with Crippen LogP contribution < -0.4 is 0 Å². The van der Waals surface area contributed by atoms with Crippen LogP contribution in [0, 0.1) is 5.41 Å². The molecule has 0 aliphatic heterocycles. The van der Waals surface area contributed by atoms with Crippen molar-refractivity contribution in [3.63, 3.8) is 0 Å². The molecule has 0 unspecified atom stereocenters. The number of ether oxygens (including phenoxy) is 1. The first-order chi connectivity index (χ1) is 7.75. The minimum atomic E-state index is -0.238. The van der Waals surface area contributed by atoms with Crippen molar-refractivity contribution in [2.75, 3.05) is 6.61 Å². The number of ketones is 1. The zero-order valence-corrected chi connectivity index (χ0v) is 12.6. The molecule has 0 spiro atoms. The van der Waals surface area contributed by atoms with Gasteiger partial charge in [0.05, 0.1) is 5.60 Å². The van der Waals surface area contributed by atoms with Gasteiger partial charge in [-0.3, -0.25) is 4.79 Å². The summed E-state index contributed by atoms with van der Waals surface area (Å²) in [5.74, 6) is 0.358. The molecule has 2 heteroatoms. The second-order valence-electron chi connectivity index (χ2n) is 6.17. The number of hydrogen-bond acceptors (Lipinski definition) is 2. The topological polar surface area (TPSA) is 26.3 Å². The van der Waals surface area contributed by atoms with Gasteiger partial charge in [0.1, 0.15) is 5.78 Å². The fraction of sp³-hybridized carbons (Fsp3) is 0.933. The van der Waals surface area contributed by atoms with Crippen molar-refractivity contribution >= 4 is 5.78 Å². The van der Waals surface area contributed by atoms with Crippen LogP contribution in [0.15, 0.2) is 0 Å². The minimum absolute atomic E-state index is 0.0569. The molecule has 0 aromatic carbocycles. The summed E-state index contributed by atoms with van der Waals surface area (Å²) in [6.07, 6.45) is 4.64. The van der Waals surface area contributed by atoms with E-state index in [1.807, 2.05) is 13.8 Å². The second kappa shape index (κ2) is 7.15. The van der Waals surface area contributed by atoms with Gasteiger partial charge in [-0.05, 0) is 33.1 Å². The fourth-order valence-corrected chi connectivity index (χ4v) is 1.96. The van der Waals surface area contributed by atoms with Gasteiger partial charge in [0.15, 0.2) is 0 Å². The van der Waals surface area contributed by atoms with Crippen LogP contribution in [-0.2, 0) is 9.53 Å². The van der Waals surface area contributed by atoms with Crippen molar-refractivity contribution in [1.82, 2.24) is 0 Å². The molecule has 0 heterocycles. The first kappa shape index (κ1) is 16.6. The Balaban J connectivity index is 4.06. The molecule has 0 aliphatic carbocycles. The van der Waals surface area contributed by atoms with Gasteiger partial charge in [-0.15, -0.1) is 0 Å². The first-order valence-electron chi connectivity index (χ1n) is 6.92. The van der Waals surface area contributed by atoms with E-state index in [0.717, 1.165) is 25.7 Å². The van der Waals surface area contributed by atoms with Gasteiger partial charge in [-0.25, -0.2) is 0 Å². The second-order valence-corrected chi connectivity index (χ2v) is 6.17. The van der Waals surface area contributed by atoms with Gasteiger partial charge >= 0.3 is 0 Å². The van der Waals surface area contributed by atoms with E-state index in [9.17, 15) is 4.79 Å². The Morgan fingerprint density at radius 3 is 2.06 bits per heavy atom. The van der Waals surface area contributed by atoms with Crippen molar-refractivity contribution in [3.8, 4) is 0 Å². The Bertz CT molecular complexity index is 229. The summed E-state index contributed by atoms with van der Waals surface area (Å²) in [6.45, 7) is 13.2. The molecule has 102 valence electrons. The van der Waals surface area contributed by atoms with Crippen molar-refractivity contribution in [3.05, 3.63) is 0 Å². The van der Waals surface area contributed by atoms with Crippen LogP contribution in [0.3, 0.4) is 0 Å². The van der Waals surface area contributed by atoms with Gasteiger partial charge in [-0.2, -0.15) is 0 Å². The summed E-state index contributed by atoms with van der Waals surface area (Å²) >= 11 is 0. The van der Waals surface area contributed by atoms with Crippen LogP contribution in [0.2, 0.25) is 0 Å². The molecule has 17 heavy (non-hydrogen) atoms. The van der Waals surface area contributed by atoms with Gasteiger partial charge in [0, 0.05) is 18.4 Å². The minimum Gasteiger partial charge on any atom is -0.376 e. The largest absolute Gasteiger partial charge is 0.376 e. The van der Waals surface area contributed by atoms with Crippen LogP contribution in [0.5, 0.6) is 0 Å². The maximum atomic E-state index is 11.9. The summed E-state index contributed by atoms with van der Waals surface area (Å²) < 4.78 is 5.88. The van der Waals surface area contributed by atoms with Crippen LogP contribution in [0.1, 0.15) is 73.6 Å². The van der Waals surface area contributed by atoms with Gasteiger partial charge in [0.25, 0.3) is 0 Å². The lowest BCUT2D eigenvalue weighted by Crippen LogP contribution is -2.30. The summed E-state index contributed by atoms with van der Waals surface area (Å²) in [6, 6.07) is 0. The Kier molecular flexibility index (Phi) is 6.99. The summed E-state index contributed by atoms with van der Waals surface area (Å²) in [5, 5.41) is 0. The third kappa shape index (κ3) is 6.82. The predicted octanol–water partition coefficient (Wildman–Crippen LogP) is 4.37. The summed E-state index contributed by atoms with van der Waals surface area (Å²) in [5.41, 5.74) is -0.295. The average molecular weight is 242 g/mol. The molecule has 0 bridgehead atoms. The third-order valence-corrected chi connectivity index (χ3v) is 3.30. The molecule has 0 radical (unpaired) electrons. The van der Waals surface area contributed by atoms with E-state index in [1.165, 1.54) is 0 Å². The Morgan fingerprint density at radius 2 is 1.59 bits per heavy atom. The van der Waals surface area contributed by atoms with Crippen LogP contribution >= 0.6 is 0 Å². The molecular formula is C15H30O2. The number of hydrogen-bond donors (Lipinski definition) is 0. The van der Waals surface area contributed by atoms with Gasteiger partial charge < -0.3 is 4.74 Å². The monoisotopic (exact) mass is 242 g/mol. The lowest BCUT2D eigenvalue weighted by molar-refractivity contribution is -0.129. The summed E-state index contributed by atoms with van der Waals surface area (Å²) in [4.78, 5) is 11.9. The SMILES string of the molecule is CCCC(=O)C(C)(C)CCOC(C)(C)CCC. The third-order valence-electron chi connectivity index (χ3n) is 3.30. The Hall–Kier alpha value is -0.370. The summed E-state index contributed by atoms with van der Waals surface area (Å²) in [7, 11) is 0. The molecule has 0 saturated heterocycles. The molecule has 0 amide bonds. The van der Waals surface area contributed by atoms with Crippen LogP contribution in [0.25, 0.3) is 0 Å². The number of carbonyl (C=O) groups excluding carboxylic acids is 1. The van der Waals surface area contributed by atoms with Crippen LogP contribution in [0.4, 0.5) is 0 Å². The lowest BCUT2D eigenvalue weighted by atomic mass is 9.83. The molecule has 0 aromatic heterocycles. The average Bonchev–Trinajstić information content (AvgIpc) is 2.17. The molecule has 0 aromatic rings. The fourth-order valence-electron chi connectivity index (χ4n) is 1.96. The highest BCUT2D eigenvalue weighted by molar-refractivity contribution is 5.83. The van der Waals surface area contributed by atoms with Crippen molar-refractivity contribution < 1.29 is 9.53 Å². The molecular weight excluding hydrogens is 212 g/mol. The van der Waals surface area contributed by atoms with E-state index in [0.29, 0.717) is 18.8 Å². The highest BCUT2D eigenvalue weighted by Gasteiger charge is 2.27. The smallest absolute Gasteiger partial charge is 0.138 e. The number of rotatable bonds is 9.